The fourth-order valence-corrected chi connectivity index (χ4v) is 3.90. The second-order valence-corrected chi connectivity index (χ2v) is 7.42. The molecule has 0 radical (unpaired) electrons. The van der Waals surface area contributed by atoms with Gasteiger partial charge in [0.2, 0.25) is 5.91 Å². The lowest BCUT2D eigenvalue weighted by molar-refractivity contribution is -0.120. The standard InChI is InChI=1S/C21H26N6O2/c1-26-11-7-16(14-26)19-20-21(24-9-8-23-20)27(25-19)12-10-22-18(28)13-15-5-3-4-6-17(15)29-2/h3-6,8-9,16H,7,10-14H2,1-2H3,(H,22,28)/t16-/m1/s1. The molecule has 8 nitrogen and oxygen atoms in total. The Kier molecular flexibility index (Phi) is 5.71. The number of hydrogen-bond acceptors (Lipinski definition) is 6. The molecule has 152 valence electrons. The first-order chi connectivity index (χ1) is 14.2. The van der Waals surface area contributed by atoms with Gasteiger partial charge in [0.15, 0.2) is 5.65 Å². The molecule has 1 aliphatic rings. The van der Waals surface area contributed by atoms with Crippen LogP contribution in [0.25, 0.3) is 11.2 Å². The number of methoxy groups -OCH3 is 1. The van der Waals surface area contributed by atoms with E-state index >= 15 is 0 Å². The number of benzene rings is 1. The van der Waals surface area contributed by atoms with Crippen LogP contribution in [0.5, 0.6) is 5.75 Å². The van der Waals surface area contributed by atoms with Crippen LogP contribution in [0.3, 0.4) is 0 Å². The fraction of sp³-hybridized carbons (Fsp3) is 0.429. The number of likely N-dealkylation sites (N-methyl/N-ethyl adjacent to an activating group) is 1. The number of para-hydroxylation sites is 1. The summed E-state index contributed by atoms with van der Waals surface area (Å²) in [5.74, 6) is 1.05. The quantitative estimate of drug-likeness (QED) is 0.655. The number of carbonyl (C=O) groups excluding carboxylic acids is 1. The molecule has 0 unspecified atom stereocenters. The monoisotopic (exact) mass is 394 g/mol. The van der Waals surface area contributed by atoms with Crippen molar-refractivity contribution < 1.29 is 9.53 Å². The highest BCUT2D eigenvalue weighted by Gasteiger charge is 2.27. The number of carbonyl (C=O) groups is 1. The van der Waals surface area contributed by atoms with Crippen molar-refractivity contribution in [3.05, 3.63) is 47.9 Å². The first kappa shape index (κ1) is 19.3. The maximum Gasteiger partial charge on any atom is 0.224 e. The first-order valence-electron chi connectivity index (χ1n) is 9.90. The maximum atomic E-state index is 12.4. The minimum atomic E-state index is -0.0466. The van der Waals surface area contributed by atoms with E-state index in [2.05, 4.69) is 27.2 Å². The Morgan fingerprint density at radius 1 is 1.28 bits per heavy atom. The first-order valence-corrected chi connectivity index (χ1v) is 9.90. The van der Waals surface area contributed by atoms with Gasteiger partial charge in [-0.3, -0.25) is 4.79 Å². The predicted molar refractivity (Wildman–Crippen MR) is 110 cm³/mol. The fourth-order valence-electron chi connectivity index (χ4n) is 3.90. The molecule has 1 amide bonds. The van der Waals surface area contributed by atoms with Crippen molar-refractivity contribution in [2.45, 2.75) is 25.3 Å². The van der Waals surface area contributed by atoms with E-state index < -0.39 is 0 Å². The lowest BCUT2D eigenvalue weighted by Gasteiger charge is -2.09. The van der Waals surface area contributed by atoms with E-state index in [0.717, 1.165) is 47.7 Å². The largest absolute Gasteiger partial charge is 0.496 e. The Balaban J connectivity index is 1.41. The van der Waals surface area contributed by atoms with Gasteiger partial charge in [0.25, 0.3) is 0 Å². The van der Waals surface area contributed by atoms with E-state index in [1.54, 1.807) is 19.5 Å². The smallest absolute Gasteiger partial charge is 0.224 e. The van der Waals surface area contributed by atoms with Crippen molar-refractivity contribution >= 4 is 17.1 Å². The third kappa shape index (κ3) is 4.22. The molecule has 3 aromatic rings. The second kappa shape index (κ2) is 8.57. The lowest BCUT2D eigenvalue weighted by Crippen LogP contribution is -2.29. The molecule has 29 heavy (non-hydrogen) atoms. The molecule has 0 spiro atoms. The van der Waals surface area contributed by atoms with Crippen LogP contribution < -0.4 is 10.1 Å². The summed E-state index contributed by atoms with van der Waals surface area (Å²) in [6.07, 6.45) is 4.76. The average Bonchev–Trinajstić information content (AvgIpc) is 3.32. The zero-order valence-corrected chi connectivity index (χ0v) is 16.8. The van der Waals surface area contributed by atoms with Crippen LogP contribution in [-0.2, 0) is 17.8 Å². The van der Waals surface area contributed by atoms with E-state index in [1.165, 1.54) is 0 Å². The Hall–Kier alpha value is -3.00. The molecular formula is C21H26N6O2. The number of likely N-dealkylation sites (tertiary alicyclic amines) is 1. The third-order valence-corrected chi connectivity index (χ3v) is 5.36. The number of nitrogens with zero attached hydrogens (tertiary/aromatic N) is 5. The highest BCUT2D eigenvalue weighted by molar-refractivity contribution is 5.79. The summed E-state index contributed by atoms with van der Waals surface area (Å²) < 4.78 is 7.17. The van der Waals surface area contributed by atoms with Crippen LogP contribution >= 0.6 is 0 Å². The van der Waals surface area contributed by atoms with Gasteiger partial charge in [0.05, 0.1) is 25.8 Å². The minimum absolute atomic E-state index is 0.0466. The van der Waals surface area contributed by atoms with Gasteiger partial charge in [-0.1, -0.05) is 18.2 Å². The summed E-state index contributed by atoms with van der Waals surface area (Å²) >= 11 is 0. The van der Waals surface area contributed by atoms with E-state index in [-0.39, 0.29) is 12.3 Å². The highest BCUT2D eigenvalue weighted by atomic mass is 16.5. The molecule has 1 saturated heterocycles. The van der Waals surface area contributed by atoms with Crippen molar-refractivity contribution in [2.24, 2.45) is 0 Å². The maximum absolute atomic E-state index is 12.4. The Morgan fingerprint density at radius 3 is 2.90 bits per heavy atom. The Morgan fingerprint density at radius 2 is 2.10 bits per heavy atom. The lowest BCUT2D eigenvalue weighted by atomic mass is 10.0. The van der Waals surface area contributed by atoms with Crippen LogP contribution in [-0.4, -0.2) is 64.3 Å². The van der Waals surface area contributed by atoms with Crippen molar-refractivity contribution in [3.63, 3.8) is 0 Å². The number of nitrogens with one attached hydrogen (secondary N) is 1. The second-order valence-electron chi connectivity index (χ2n) is 7.42. The van der Waals surface area contributed by atoms with Gasteiger partial charge in [-0.2, -0.15) is 5.10 Å². The van der Waals surface area contributed by atoms with Crippen LogP contribution in [0.2, 0.25) is 0 Å². The molecule has 1 atom stereocenters. The zero-order chi connectivity index (χ0) is 20.2. The van der Waals surface area contributed by atoms with Crippen molar-refractivity contribution in [1.82, 2.24) is 30.0 Å². The molecule has 1 aromatic carbocycles. The van der Waals surface area contributed by atoms with Gasteiger partial charge in [0, 0.05) is 37.0 Å². The minimum Gasteiger partial charge on any atom is -0.496 e. The van der Waals surface area contributed by atoms with Gasteiger partial charge in [0.1, 0.15) is 11.3 Å². The topological polar surface area (TPSA) is 85.2 Å². The zero-order valence-electron chi connectivity index (χ0n) is 16.8. The van der Waals surface area contributed by atoms with Crippen molar-refractivity contribution in [2.75, 3.05) is 33.8 Å². The summed E-state index contributed by atoms with van der Waals surface area (Å²) in [5.41, 5.74) is 3.53. The summed E-state index contributed by atoms with van der Waals surface area (Å²) in [6.45, 7) is 3.08. The predicted octanol–water partition coefficient (Wildman–Crippen LogP) is 1.61. The molecule has 4 rings (SSSR count). The van der Waals surface area contributed by atoms with Crippen molar-refractivity contribution in [1.29, 1.82) is 0 Å². The van der Waals surface area contributed by atoms with Gasteiger partial charge < -0.3 is 15.0 Å². The van der Waals surface area contributed by atoms with E-state index in [9.17, 15) is 4.79 Å². The van der Waals surface area contributed by atoms with Crippen LogP contribution in [0.4, 0.5) is 0 Å². The van der Waals surface area contributed by atoms with Crippen molar-refractivity contribution in [3.8, 4) is 5.75 Å². The highest BCUT2D eigenvalue weighted by Crippen LogP contribution is 2.29. The van der Waals surface area contributed by atoms with Gasteiger partial charge in [-0.05, 0) is 26.1 Å². The molecule has 1 aliphatic heterocycles. The Labute approximate surface area is 169 Å². The van der Waals surface area contributed by atoms with E-state index in [1.807, 2.05) is 28.9 Å². The SMILES string of the molecule is COc1ccccc1CC(=O)NCCn1nc([C@@H]2CCN(C)C2)c2nccnc21. The van der Waals surface area contributed by atoms with Gasteiger partial charge >= 0.3 is 0 Å². The number of aromatic nitrogens is 4. The molecule has 0 saturated carbocycles. The molecule has 1 N–H and O–H groups in total. The van der Waals surface area contributed by atoms with Crippen LogP contribution in [0.15, 0.2) is 36.7 Å². The molecule has 3 heterocycles. The number of amides is 1. The Bertz CT molecular complexity index is 1000. The van der Waals surface area contributed by atoms with Gasteiger partial charge in [-0.25, -0.2) is 14.6 Å². The number of rotatable bonds is 7. The molecule has 0 aliphatic carbocycles. The van der Waals surface area contributed by atoms with Crippen LogP contribution in [0.1, 0.15) is 23.6 Å². The average molecular weight is 394 g/mol. The molecule has 2 aromatic heterocycles. The molecule has 0 bridgehead atoms. The van der Waals surface area contributed by atoms with E-state index in [0.29, 0.717) is 19.0 Å². The summed E-state index contributed by atoms with van der Waals surface area (Å²) in [7, 11) is 3.74. The van der Waals surface area contributed by atoms with E-state index in [4.69, 9.17) is 9.84 Å². The number of hydrogen-bond donors (Lipinski definition) is 1. The summed E-state index contributed by atoms with van der Waals surface area (Å²) in [4.78, 5) is 23.7. The van der Waals surface area contributed by atoms with Crippen LogP contribution in [0, 0.1) is 0 Å². The molecule has 1 fully saturated rings. The number of fused-ring (bicyclic) bond motifs is 1. The summed E-state index contributed by atoms with van der Waals surface area (Å²) in [6, 6.07) is 7.56. The summed E-state index contributed by atoms with van der Waals surface area (Å²) in [5, 5.41) is 7.78. The normalized spacial score (nSPS) is 17.0. The van der Waals surface area contributed by atoms with Gasteiger partial charge in [-0.15, -0.1) is 0 Å². The molecular weight excluding hydrogens is 368 g/mol. The third-order valence-electron chi connectivity index (χ3n) is 5.36. The number of ether oxygens (including phenoxy) is 1. The molecule has 8 heteroatoms.